The Bertz CT molecular complexity index is 1810. The molecule has 1 aliphatic heterocycles. The van der Waals surface area contributed by atoms with E-state index in [1.165, 1.54) is 34.1 Å². The molecule has 2 heterocycles. The first-order chi connectivity index (χ1) is 26.8. The second kappa shape index (κ2) is 18.1. The Hall–Kier alpha value is -3.95. The minimum Gasteiger partial charge on any atom is -0.490 e. The van der Waals surface area contributed by atoms with Crippen LogP contribution >= 0.6 is 0 Å². The van der Waals surface area contributed by atoms with Gasteiger partial charge in [0.25, 0.3) is 0 Å². The Morgan fingerprint density at radius 3 is 2.45 bits per heavy atom. The van der Waals surface area contributed by atoms with E-state index < -0.39 is 43.1 Å². The van der Waals surface area contributed by atoms with Gasteiger partial charge >= 0.3 is 0 Å². The molecule has 2 aromatic carbocycles. The molecule has 0 radical (unpaired) electrons. The van der Waals surface area contributed by atoms with E-state index in [0.29, 0.717) is 18.9 Å². The smallest absolute Gasteiger partial charge is 0.222 e. The summed E-state index contributed by atoms with van der Waals surface area (Å²) in [6.45, 7) is 5.98. The molecular formula is C43H59N5O8. The molecule has 3 fully saturated rings. The number of benzene rings is 2. The van der Waals surface area contributed by atoms with Crippen molar-refractivity contribution in [1.82, 2.24) is 25.4 Å². The number of nitrogens with zero attached hydrogens (tertiary/aromatic N) is 3. The number of amides is 2. The maximum absolute atomic E-state index is 13.3. The fraction of sp³-hybridized carbons (Fsp3) is 0.558. The predicted octanol–water partition coefficient (Wildman–Crippen LogP) is 2.69. The largest absolute Gasteiger partial charge is 0.490 e. The van der Waals surface area contributed by atoms with Gasteiger partial charge in [-0.2, -0.15) is 0 Å². The number of hydrogen-bond acceptors (Lipinski definition) is 11. The van der Waals surface area contributed by atoms with Crippen molar-refractivity contribution in [1.29, 1.82) is 0 Å². The number of aryl methyl sites for hydroxylation is 1. The Balaban J connectivity index is 1.02. The first-order valence-electron chi connectivity index (χ1n) is 20.0. The lowest BCUT2D eigenvalue weighted by Gasteiger charge is -2.48. The van der Waals surface area contributed by atoms with Crippen LogP contribution in [0.4, 0.5) is 0 Å². The van der Waals surface area contributed by atoms with Crippen LogP contribution in [0.5, 0.6) is 5.75 Å². The number of pyridine rings is 1. The zero-order valence-corrected chi connectivity index (χ0v) is 32.9. The second-order valence-corrected chi connectivity index (χ2v) is 16.0. The molecule has 0 spiro atoms. The van der Waals surface area contributed by atoms with E-state index in [-0.39, 0.29) is 43.5 Å². The molecule has 1 saturated heterocycles. The summed E-state index contributed by atoms with van der Waals surface area (Å²) in [5.74, 6) is 0.720. The Kier molecular flexibility index (Phi) is 13.5. The maximum Gasteiger partial charge on any atom is 0.222 e. The standard InChI is InChI=1S/C43H59N5O8/c1-28(7-6-10-39(52)47-19-21-48(22-20-47)43(55,27-45-30(3)50)41(54)40(53)37(51)26-49)31-12-11-29(2)32(23-31)24-46-42(16-17-42)36-25-44-18-15-34(36)35-8-4-5-9-38(35)56-33-13-14-33/h4-5,8-9,11-12,15,18,23,25,28,33,37,40-41,46,49,51,53-55H,6-7,10,13-14,16-17,19-22,24,26-27H2,1-3H3,(H,45,50)/t28?,37-,40-,41-,43+/m1/s1. The van der Waals surface area contributed by atoms with E-state index in [9.17, 15) is 35.1 Å². The van der Waals surface area contributed by atoms with E-state index in [0.717, 1.165) is 55.5 Å². The number of aromatic nitrogens is 1. The average Bonchev–Trinajstić information content (AvgIpc) is 4.16. The fourth-order valence-corrected chi connectivity index (χ4v) is 7.76. The summed E-state index contributed by atoms with van der Waals surface area (Å²) in [6, 6.07) is 17.1. The van der Waals surface area contributed by atoms with Gasteiger partial charge in [0.15, 0.2) is 5.72 Å². The van der Waals surface area contributed by atoms with Crippen LogP contribution in [0.15, 0.2) is 60.9 Å². The van der Waals surface area contributed by atoms with E-state index >= 15 is 0 Å². The number of aliphatic hydroxyl groups excluding tert-OH is 4. The van der Waals surface area contributed by atoms with Crippen molar-refractivity contribution < 1.29 is 39.9 Å². The van der Waals surface area contributed by atoms with Crippen LogP contribution in [-0.4, -0.2) is 122 Å². The number of para-hydroxylation sites is 1. The van der Waals surface area contributed by atoms with Crippen molar-refractivity contribution in [3.8, 4) is 16.9 Å². The molecule has 2 saturated carbocycles. The summed E-state index contributed by atoms with van der Waals surface area (Å²) in [6.07, 6.45) is 4.92. The van der Waals surface area contributed by atoms with E-state index in [4.69, 9.17) is 4.74 Å². The van der Waals surface area contributed by atoms with Gasteiger partial charge in [0, 0.05) is 69.6 Å². The predicted molar refractivity (Wildman–Crippen MR) is 211 cm³/mol. The van der Waals surface area contributed by atoms with Crippen LogP contribution in [0.1, 0.15) is 87.0 Å². The van der Waals surface area contributed by atoms with Crippen LogP contribution in [0.2, 0.25) is 0 Å². The van der Waals surface area contributed by atoms with Gasteiger partial charge in [-0.15, -0.1) is 0 Å². The topological polar surface area (TPSA) is 188 Å². The van der Waals surface area contributed by atoms with Crippen molar-refractivity contribution in [3.63, 3.8) is 0 Å². The number of carbonyl (C=O) groups is 2. The summed E-state index contributed by atoms with van der Waals surface area (Å²) >= 11 is 0. The van der Waals surface area contributed by atoms with Gasteiger partial charge in [-0.1, -0.05) is 43.3 Å². The third-order valence-electron chi connectivity index (χ3n) is 11.8. The summed E-state index contributed by atoms with van der Waals surface area (Å²) in [7, 11) is 0. The molecule has 5 atom stereocenters. The molecule has 2 amide bonds. The molecule has 7 N–H and O–H groups in total. The molecule has 1 aromatic heterocycles. The highest BCUT2D eigenvalue weighted by molar-refractivity contribution is 5.76. The molecule has 56 heavy (non-hydrogen) atoms. The highest BCUT2D eigenvalue weighted by atomic mass is 16.5. The molecule has 13 nitrogen and oxygen atoms in total. The lowest BCUT2D eigenvalue weighted by molar-refractivity contribution is -0.225. The molecule has 3 aromatic rings. The van der Waals surface area contributed by atoms with Gasteiger partial charge in [0.05, 0.1) is 19.3 Å². The van der Waals surface area contributed by atoms with E-state index in [1.54, 1.807) is 4.90 Å². The number of piperazine rings is 1. The van der Waals surface area contributed by atoms with Crippen LogP contribution in [0.25, 0.3) is 11.1 Å². The van der Waals surface area contributed by atoms with Crippen LogP contribution in [0.3, 0.4) is 0 Å². The maximum atomic E-state index is 13.3. The third kappa shape index (κ3) is 9.76. The van der Waals surface area contributed by atoms with Gasteiger partial charge in [0.2, 0.25) is 11.8 Å². The van der Waals surface area contributed by atoms with Gasteiger partial charge < -0.3 is 45.8 Å². The van der Waals surface area contributed by atoms with Gasteiger partial charge in [-0.3, -0.25) is 19.5 Å². The number of hydrogen-bond donors (Lipinski definition) is 7. The minimum absolute atomic E-state index is 0.00133. The van der Waals surface area contributed by atoms with Gasteiger partial charge in [-0.05, 0) is 91.3 Å². The third-order valence-corrected chi connectivity index (χ3v) is 11.8. The average molecular weight is 774 g/mol. The van der Waals surface area contributed by atoms with Gasteiger partial charge in [-0.25, -0.2) is 0 Å². The second-order valence-electron chi connectivity index (χ2n) is 16.0. The van der Waals surface area contributed by atoms with Crippen LogP contribution in [0, 0.1) is 6.92 Å². The van der Waals surface area contributed by atoms with E-state index in [1.807, 2.05) is 18.5 Å². The number of ether oxygens (including phenoxy) is 1. The summed E-state index contributed by atoms with van der Waals surface area (Å²) in [4.78, 5) is 32.6. The molecule has 2 aliphatic carbocycles. The Morgan fingerprint density at radius 2 is 1.77 bits per heavy atom. The van der Waals surface area contributed by atoms with Crippen LogP contribution in [-0.2, 0) is 21.7 Å². The first kappa shape index (κ1) is 41.7. The lowest BCUT2D eigenvalue weighted by atomic mass is 9.91. The molecule has 0 bridgehead atoms. The SMILES string of the molecule is CC(=O)NC[C@](O)([C@H](O)[C@H](O)[C@H](O)CO)N1CCN(C(=O)CCCC(C)c2ccc(C)c(CNC3(c4cnccc4-c4ccccc4OC4CC4)CC3)c2)CC1. The highest BCUT2D eigenvalue weighted by Gasteiger charge is 2.48. The quantitative estimate of drug-likeness (QED) is 0.0950. The van der Waals surface area contributed by atoms with E-state index in [2.05, 4.69) is 71.9 Å². The summed E-state index contributed by atoms with van der Waals surface area (Å²) in [5.41, 5.74) is 4.90. The summed E-state index contributed by atoms with van der Waals surface area (Å²) < 4.78 is 6.29. The molecule has 13 heteroatoms. The number of nitrogens with one attached hydrogen (secondary N) is 2. The zero-order chi connectivity index (χ0) is 40.0. The van der Waals surface area contributed by atoms with Crippen molar-refractivity contribution in [3.05, 3.63) is 83.2 Å². The molecule has 304 valence electrons. The van der Waals surface area contributed by atoms with Crippen molar-refractivity contribution in [2.24, 2.45) is 0 Å². The Morgan fingerprint density at radius 1 is 1.04 bits per heavy atom. The summed E-state index contributed by atoms with van der Waals surface area (Å²) in [5, 5.41) is 58.2. The number of rotatable bonds is 19. The monoisotopic (exact) mass is 773 g/mol. The molecule has 6 rings (SSSR count). The van der Waals surface area contributed by atoms with Crippen molar-refractivity contribution >= 4 is 11.8 Å². The molecular weight excluding hydrogens is 714 g/mol. The van der Waals surface area contributed by atoms with Gasteiger partial charge in [0.1, 0.15) is 24.1 Å². The normalized spacial score (nSPS) is 20.0. The zero-order valence-electron chi connectivity index (χ0n) is 32.9. The lowest BCUT2D eigenvalue weighted by Crippen LogP contribution is -2.69. The first-order valence-corrected chi connectivity index (χ1v) is 20.0. The van der Waals surface area contributed by atoms with Crippen LogP contribution < -0.4 is 15.4 Å². The fourth-order valence-electron chi connectivity index (χ4n) is 7.76. The molecule has 1 unspecified atom stereocenters. The number of aliphatic hydroxyl groups is 5. The minimum atomic E-state index is -2.13. The highest BCUT2D eigenvalue weighted by Crippen LogP contribution is 2.50. The Labute approximate surface area is 329 Å². The van der Waals surface area contributed by atoms with Crippen molar-refractivity contribution in [2.45, 2.75) is 114 Å². The molecule has 3 aliphatic rings. The van der Waals surface area contributed by atoms with Crippen molar-refractivity contribution in [2.75, 3.05) is 39.3 Å². The number of carbonyl (C=O) groups excluding carboxylic acids is 2.